The number of aliphatic hydroxyl groups is 1. The van der Waals surface area contributed by atoms with Gasteiger partial charge in [0.05, 0.1) is 5.60 Å². The molecule has 1 amide bonds. The van der Waals surface area contributed by atoms with Crippen molar-refractivity contribution in [3.63, 3.8) is 0 Å². The predicted octanol–water partition coefficient (Wildman–Crippen LogP) is 5.67. The number of allylic oxidation sites excluding steroid dienone is 4. The van der Waals surface area contributed by atoms with Crippen LogP contribution in [-0.4, -0.2) is 29.0 Å². The van der Waals surface area contributed by atoms with Gasteiger partial charge < -0.3 is 10.0 Å². The first-order valence-corrected chi connectivity index (χ1v) is 10.9. The summed E-state index contributed by atoms with van der Waals surface area (Å²) in [6.45, 7) is 7.33. The Morgan fingerprint density at radius 2 is 1.70 bits per heavy atom. The van der Waals surface area contributed by atoms with Crippen LogP contribution in [0.25, 0.3) is 5.57 Å². The highest BCUT2D eigenvalue weighted by molar-refractivity contribution is 5.78. The number of nitrogens with zero attached hydrogens (tertiary/aromatic N) is 1. The fourth-order valence-corrected chi connectivity index (χ4v) is 4.33. The van der Waals surface area contributed by atoms with Crippen LogP contribution in [0.4, 0.5) is 0 Å². The number of hydrogen-bond donors (Lipinski definition) is 1. The van der Waals surface area contributed by atoms with Crippen molar-refractivity contribution in [1.82, 2.24) is 4.90 Å². The Bertz CT molecular complexity index is 905. The molecule has 30 heavy (non-hydrogen) atoms. The SMILES string of the molecule is C/C=C/C(CC(=O)N1CCC(O)(c2ccccc2)CC1)c1ccccc1/C(C)=C/C. The molecule has 3 heteroatoms. The lowest BCUT2D eigenvalue weighted by Gasteiger charge is -2.39. The van der Waals surface area contributed by atoms with Gasteiger partial charge in [-0.05, 0) is 55.9 Å². The van der Waals surface area contributed by atoms with Gasteiger partial charge in [0, 0.05) is 25.4 Å². The highest BCUT2D eigenvalue weighted by Gasteiger charge is 2.35. The third-order valence-corrected chi connectivity index (χ3v) is 6.29. The van der Waals surface area contributed by atoms with Crippen molar-refractivity contribution in [3.05, 3.63) is 89.5 Å². The standard InChI is InChI=1S/C27H33NO2/c1-4-11-22(25-15-10-9-14-24(25)21(3)5-2)20-26(29)28-18-16-27(30,17-19-28)23-12-7-6-8-13-23/h4-15,22,30H,16-20H2,1-3H3/b11-4+,21-5+. The lowest BCUT2D eigenvalue weighted by molar-refractivity contribution is -0.136. The van der Waals surface area contributed by atoms with E-state index in [4.69, 9.17) is 0 Å². The second-order valence-electron chi connectivity index (χ2n) is 8.17. The molecule has 1 aliphatic rings. The first-order valence-electron chi connectivity index (χ1n) is 10.9. The summed E-state index contributed by atoms with van der Waals surface area (Å²) in [4.78, 5) is 15.1. The van der Waals surface area contributed by atoms with Gasteiger partial charge in [0.1, 0.15) is 0 Å². The Hall–Kier alpha value is -2.65. The molecule has 1 heterocycles. The summed E-state index contributed by atoms with van der Waals surface area (Å²) in [7, 11) is 0. The van der Waals surface area contributed by atoms with Gasteiger partial charge in [-0.3, -0.25) is 4.79 Å². The van der Waals surface area contributed by atoms with E-state index in [9.17, 15) is 9.90 Å². The molecule has 0 spiro atoms. The minimum Gasteiger partial charge on any atom is -0.385 e. The monoisotopic (exact) mass is 403 g/mol. The molecule has 0 aliphatic carbocycles. The summed E-state index contributed by atoms with van der Waals surface area (Å²) in [5.74, 6) is 0.199. The van der Waals surface area contributed by atoms with Gasteiger partial charge in [-0.1, -0.05) is 72.8 Å². The highest BCUT2D eigenvalue weighted by Crippen LogP contribution is 2.34. The molecular weight excluding hydrogens is 370 g/mol. The molecule has 2 aromatic rings. The van der Waals surface area contributed by atoms with Crippen LogP contribution in [0.5, 0.6) is 0 Å². The normalized spacial score (nSPS) is 17.9. The first kappa shape index (κ1) is 22.0. The number of carbonyl (C=O) groups is 1. The van der Waals surface area contributed by atoms with Crippen LogP contribution >= 0.6 is 0 Å². The molecule has 1 unspecified atom stereocenters. The minimum atomic E-state index is -0.837. The van der Waals surface area contributed by atoms with Crippen molar-refractivity contribution in [3.8, 4) is 0 Å². The number of rotatable bonds is 6. The number of piperidine rings is 1. The molecule has 2 aromatic carbocycles. The van der Waals surface area contributed by atoms with Crippen molar-refractivity contribution < 1.29 is 9.90 Å². The number of benzene rings is 2. The smallest absolute Gasteiger partial charge is 0.223 e. The van der Waals surface area contributed by atoms with Crippen molar-refractivity contribution in [1.29, 1.82) is 0 Å². The number of amides is 1. The minimum absolute atomic E-state index is 0.0449. The van der Waals surface area contributed by atoms with E-state index in [0.717, 1.165) is 5.56 Å². The molecule has 0 bridgehead atoms. The molecular formula is C27H33NO2. The summed E-state index contributed by atoms with van der Waals surface area (Å²) >= 11 is 0. The summed E-state index contributed by atoms with van der Waals surface area (Å²) in [5.41, 5.74) is 3.72. The van der Waals surface area contributed by atoms with Crippen LogP contribution < -0.4 is 0 Å². The predicted molar refractivity (Wildman–Crippen MR) is 124 cm³/mol. The van der Waals surface area contributed by atoms with Gasteiger partial charge in [-0.15, -0.1) is 0 Å². The lowest BCUT2D eigenvalue weighted by atomic mass is 9.84. The molecule has 1 fully saturated rings. The second kappa shape index (κ2) is 9.90. The van der Waals surface area contributed by atoms with Crippen LogP contribution in [0.15, 0.2) is 72.8 Å². The summed E-state index contributed by atoms with van der Waals surface area (Å²) in [6, 6.07) is 18.2. The summed E-state index contributed by atoms with van der Waals surface area (Å²) in [6.07, 6.45) is 7.87. The summed E-state index contributed by atoms with van der Waals surface area (Å²) in [5, 5.41) is 11.1. The Morgan fingerprint density at radius 1 is 1.07 bits per heavy atom. The van der Waals surface area contributed by atoms with Gasteiger partial charge in [0.25, 0.3) is 0 Å². The molecule has 0 saturated carbocycles. The van der Waals surface area contributed by atoms with E-state index in [-0.39, 0.29) is 11.8 Å². The maximum atomic E-state index is 13.2. The molecule has 1 saturated heterocycles. The Labute approximate surface area is 180 Å². The fraction of sp³-hybridized carbons (Fsp3) is 0.370. The second-order valence-corrected chi connectivity index (χ2v) is 8.17. The van der Waals surface area contributed by atoms with Crippen molar-refractivity contribution in [2.45, 2.75) is 51.6 Å². The third kappa shape index (κ3) is 4.91. The number of hydrogen-bond acceptors (Lipinski definition) is 2. The van der Waals surface area contributed by atoms with Crippen molar-refractivity contribution >= 4 is 11.5 Å². The Morgan fingerprint density at radius 3 is 2.33 bits per heavy atom. The molecule has 1 aliphatic heterocycles. The highest BCUT2D eigenvalue weighted by atomic mass is 16.3. The maximum Gasteiger partial charge on any atom is 0.223 e. The van der Waals surface area contributed by atoms with E-state index in [2.05, 4.69) is 37.3 Å². The van der Waals surface area contributed by atoms with Gasteiger partial charge in [0.15, 0.2) is 0 Å². The quantitative estimate of drug-likeness (QED) is 0.631. The zero-order valence-corrected chi connectivity index (χ0v) is 18.3. The summed E-state index contributed by atoms with van der Waals surface area (Å²) < 4.78 is 0. The zero-order valence-electron chi connectivity index (χ0n) is 18.3. The van der Waals surface area contributed by atoms with Gasteiger partial charge in [0.2, 0.25) is 5.91 Å². The largest absolute Gasteiger partial charge is 0.385 e. The van der Waals surface area contributed by atoms with Crippen molar-refractivity contribution in [2.75, 3.05) is 13.1 Å². The average molecular weight is 404 g/mol. The van der Waals surface area contributed by atoms with E-state index in [1.165, 1.54) is 16.7 Å². The van der Waals surface area contributed by atoms with E-state index in [0.29, 0.717) is 32.4 Å². The van der Waals surface area contributed by atoms with Gasteiger partial charge >= 0.3 is 0 Å². The lowest BCUT2D eigenvalue weighted by Crippen LogP contribution is -2.45. The topological polar surface area (TPSA) is 40.5 Å². The fourth-order valence-electron chi connectivity index (χ4n) is 4.33. The molecule has 0 aromatic heterocycles. The van der Waals surface area contributed by atoms with Gasteiger partial charge in [-0.25, -0.2) is 0 Å². The van der Waals surface area contributed by atoms with Crippen LogP contribution in [0.2, 0.25) is 0 Å². The molecule has 1 atom stereocenters. The number of likely N-dealkylation sites (tertiary alicyclic amines) is 1. The maximum absolute atomic E-state index is 13.2. The van der Waals surface area contributed by atoms with Crippen LogP contribution in [0.3, 0.4) is 0 Å². The van der Waals surface area contributed by atoms with E-state index in [1.54, 1.807) is 0 Å². The van der Waals surface area contributed by atoms with Crippen LogP contribution in [0.1, 0.15) is 62.6 Å². The number of carbonyl (C=O) groups excluding carboxylic acids is 1. The van der Waals surface area contributed by atoms with E-state index in [1.807, 2.05) is 61.2 Å². The van der Waals surface area contributed by atoms with E-state index < -0.39 is 5.60 Å². The molecule has 3 nitrogen and oxygen atoms in total. The van der Waals surface area contributed by atoms with E-state index >= 15 is 0 Å². The Kier molecular flexibility index (Phi) is 7.28. The molecule has 0 radical (unpaired) electrons. The van der Waals surface area contributed by atoms with Crippen LogP contribution in [0, 0.1) is 0 Å². The molecule has 3 rings (SSSR count). The van der Waals surface area contributed by atoms with Crippen LogP contribution in [-0.2, 0) is 10.4 Å². The molecule has 158 valence electrons. The third-order valence-electron chi connectivity index (χ3n) is 6.29. The van der Waals surface area contributed by atoms with Gasteiger partial charge in [-0.2, -0.15) is 0 Å². The average Bonchev–Trinajstić information content (AvgIpc) is 2.79. The van der Waals surface area contributed by atoms with Crippen molar-refractivity contribution in [2.24, 2.45) is 0 Å². The zero-order chi connectivity index (χ0) is 21.6. The first-order chi connectivity index (χ1) is 14.5. The molecule has 1 N–H and O–H groups in total. The Balaban J connectivity index is 1.72.